The molecule has 0 aliphatic rings. The van der Waals surface area contributed by atoms with E-state index in [0.717, 1.165) is 5.03 Å². The SMILES string of the molecule is CCC.CSc1cnc[nH]1.[HH]. The summed E-state index contributed by atoms with van der Waals surface area (Å²) < 4.78 is 0. The van der Waals surface area contributed by atoms with Crippen molar-refractivity contribution < 1.29 is 1.43 Å². The molecule has 10 heavy (non-hydrogen) atoms. The Morgan fingerprint density at radius 1 is 1.70 bits per heavy atom. The van der Waals surface area contributed by atoms with Crippen LogP contribution in [0.2, 0.25) is 0 Å². The van der Waals surface area contributed by atoms with E-state index in [1.54, 1.807) is 24.3 Å². The minimum atomic E-state index is 0. The molecular formula is C7H16N2S. The first kappa shape index (κ1) is 9.56. The van der Waals surface area contributed by atoms with Crippen LogP contribution in [0, 0.1) is 0 Å². The summed E-state index contributed by atoms with van der Waals surface area (Å²) in [6.07, 6.45) is 6.73. The maximum atomic E-state index is 3.82. The van der Waals surface area contributed by atoms with E-state index in [1.165, 1.54) is 6.42 Å². The number of hydrogen-bond donors (Lipinski definition) is 1. The average Bonchev–Trinajstić information content (AvgIpc) is 2.39. The number of imidazole rings is 1. The van der Waals surface area contributed by atoms with Crippen LogP contribution in [0.4, 0.5) is 0 Å². The lowest BCUT2D eigenvalue weighted by Crippen LogP contribution is -1.60. The van der Waals surface area contributed by atoms with E-state index in [9.17, 15) is 0 Å². The molecular weight excluding hydrogens is 144 g/mol. The molecule has 0 unspecified atom stereocenters. The van der Waals surface area contributed by atoms with Crippen LogP contribution in [0.3, 0.4) is 0 Å². The molecule has 0 aliphatic heterocycles. The fraction of sp³-hybridized carbons (Fsp3) is 0.571. The number of rotatable bonds is 1. The topological polar surface area (TPSA) is 28.7 Å². The number of aromatic nitrogens is 2. The van der Waals surface area contributed by atoms with Crippen molar-refractivity contribution in [2.75, 3.05) is 6.26 Å². The molecule has 1 heterocycles. The van der Waals surface area contributed by atoms with Crippen LogP contribution in [0.5, 0.6) is 0 Å². The van der Waals surface area contributed by atoms with Crippen molar-refractivity contribution in [3.8, 4) is 0 Å². The van der Waals surface area contributed by atoms with E-state index in [1.807, 2.05) is 6.26 Å². The first-order chi connectivity index (χ1) is 4.85. The zero-order valence-electron chi connectivity index (χ0n) is 6.72. The zero-order valence-corrected chi connectivity index (χ0v) is 7.53. The van der Waals surface area contributed by atoms with Crippen LogP contribution in [0.15, 0.2) is 17.6 Å². The summed E-state index contributed by atoms with van der Waals surface area (Å²) in [5, 5.41) is 1.11. The molecule has 0 amide bonds. The van der Waals surface area contributed by atoms with Crippen LogP contribution in [-0.2, 0) is 0 Å². The first-order valence-corrected chi connectivity index (χ1v) is 4.60. The van der Waals surface area contributed by atoms with Crippen molar-refractivity contribution in [1.82, 2.24) is 9.97 Å². The van der Waals surface area contributed by atoms with E-state index in [0.29, 0.717) is 0 Å². The Labute approximate surface area is 67.9 Å². The number of aromatic amines is 1. The molecule has 0 atom stereocenters. The molecule has 3 heteroatoms. The third-order valence-corrected chi connectivity index (χ3v) is 1.36. The van der Waals surface area contributed by atoms with Gasteiger partial charge in [0.1, 0.15) is 0 Å². The minimum absolute atomic E-state index is 0. The summed E-state index contributed by atoms with van der Waals surface area (Å²) in [5.74, 6) is 0. The molecule has 1 aromatic heterocycles. The van der Waals surface area contributed by atoms with Gasteiger partial charge in [0.2, 0.25) is 0 Å². The highest BCUT2D eigenvalue weighted by molar-refractivity contribution is 7.98. The summed E-state index contributed by atoms with van der Waals surface area (Å²) >= 11 is 1.66. The number of H-pyrrole nitrogens is 1. The highest BCUT2D eigenvalue weighted by atomic mass is 32.2. The second-order valence-electron chi connectivity index (χ2n) is 1.83. The Balaban J connectivity index is 0. The van der Waals surface area contributed by atoms with Gasteiger partial charge in [-0.25, -0.2) is 4.98 Å². The van der Waals surface area contributed by atoms with Crippen molar-refractivity contribution in [1.29, 1.82) is 0 Å². The number of nitrogens with one attached hydrogen (secondary N) is 1. The Bertz CT molecular complexity index is 142. The lowest BCUT2D eigenvalue weighted by Gasteiger charge is -1.79. The molecule has 1 aromatic rings. The summed E-state index contributed by atoms with van der Waals surface area (Å²) in [5.41, 5.74) is 0. The van der Waals surface area contributed by atoms with Gasteiger partial charge in [-0.3, -0.25) is 0 Å². The van der Waals surface area contributed by atoms with Crippen molar-refractivity contribution in [3.63, 3.8) is 0 Å². The average molecular weight is 160 g/mol. The van der Waals surface area contributed by atoms with Crippen LogP contribution in [-0.4, -0.2) is 16.2 Å². The summed E-state index contributed by atoms with van der Waals surface area (Å²) in [6.45, 7) is 4.25. The highest BCUT2D eigenvalue weighted by Crippen LogP contribution is 2.06. The Kier molecular flexibility index (Phi) is 6.38. The quantitative estimate of drug-likeness (QED) is 0.640. The summed E-state index contributed by atoms with van der Waals surface area (Å²) in [6, 6.07) is 0. The van der Waals surface area contributed by atoms with E-state index in [4.69, 9.17) is 0 Å². The lowest BCUT2D eigenvalue weighted by molar-refractivity contribution is 1.09. The molecule has 0 aliphatic carbocycles. The fourth-order valence-electron chi connectivity index (χ4n) is 0.355. The van der Waals surface area contributed by atoms with Gasteiger partial charge in [-0.2, -0.15) is 0 Å². The van der Waals surface area contributed by atoms with E-state index in [2.05, 4.69) is 23.8 Å². The van der Waals surface area contributed by atoms with Gasteiger partial charge in [0.05, 0.1) is 17.6 Å². The first-order valence-electron chi connectivity index (χ1n) is 3.37. The molecule has 0 saturated carbocycles. The van der Waals surface area contributed by atoms with Gasteiger partial charge in [0.15, 0.2) is 0 Å². The van der Waals surface area contributed by atoms with Gasteiger partial charge >= 0.3 is 0 Å². The maximum absolute atomic E-state index is 3.82. The number of nitrogens with zero attached hydrogens (tertiary/aromatic N) is 1. The van der Waals surface area contributed by atoms with Crippen LogP contribution >= 0.6 is 11.8 Å². The third kappa shape index (κ3) is 4.44. The van der Waals surface area contributed by atoms with E-state index in [-0.39, 0.29) is 1.43 Å². The molecule has 0 fully saturated rings. The maximum Gasteiger partial charge on any atom is 0.0928 e. The number of thioether (sulfide) groups is 1. The second-order valence-corrected chi connectivity index (χ2v) is 2.68. The third-order valence-electron chi connectivity index (χ3n) is 0.693. The van der Waals surface area contributed by atoms with Gasteiger partial charge in [0, 0.05) is 1.43 Å². The molecule has 1 rings (SSSR count). The highest BCUT2D eigenvalue weighted by Gasteiger charge is 1.82. The van der Waals surface area contributed by atoms with Crippen LogP contribution < -0.4 is 0 Å². The molecule has 0 aromatic carbocycles. The van der Waals surface area contributed by atoms with E-state index < -0.39 is 0 Å². The Morgan fingerprint density at radius 2 is 2.30 bits per heavy atom. The van der Waals surface area contributed by atoms with Crippen molar-refractivity contribution in [3.05, 3.63) is 12.5 Å². The van der Waals surface area contributed by atoms with Crippen molar-refractivity contribution in [2.45, 2.75) is 25.3 Å². The molecule has 1 N–H and O–H groups in total. The van der Waals surface area contributed by atoms with Crippen LogP contribution in [0.1, 0.15) is 21.7 Å². The van der Waals surface area contributed by atoms with Gasteiger partial charge in [0.25, 0.3) is 0 Å². The molecule has 0 radical (unpaired) electrons. The summed E-state index contributed by atoms with van der Waals surface area (Å²) in [7, 11) is 0. The number of hydrogen-bond acceptors (Lipinski definition) is 2. The summed E-state index contributed by atoms with van der Waals surface area (Å²) in [4.78, 5) is 6.76. The molecule has 60 valence electrons. The van der Waals surface area contributed by atoms with Gasteiger partial charge in [-0.05, 0) is 6.26 Å². The second kappa shape index (κ2) is 6.68. The van der Waals surface area contributed by atoms with Gasteiger partial charge in [-0.15, -0.1) is 11.8 Å². The minimum Gasteiger partial charge on any atom is -0.340 e. The van der Waals surface area contributed by atoms with Gasteiger partial charge < -0.3 is 4.98 Å². The smallest absolute Gasteiger partial charge is 0.0928 e. The Morgan fingerprint density at radius 3 is 2.50 bits per heavy atom. The predicted molar refractivity (Wildman–Crippen MR) is 48.4 cm³/mol. The predicted octanol–water partition coefficient (Wildman–Crippen LogP) is 2.79. The fourth-order valence-corrected chi connectivity index (χ4v) is 0.692. The molecule has 0 bridgehead atoms. The van der Waals surface area contributed by atoms with Crippen LogP contribution in [0.25, 0.3) is 0 Å². The Hall–Kier alpha value is -0.440. The van der Waals surface area contributed by atoms with Crippen molar-refractivity contribution in [2.24, 2.45) is 0 Å². The molecule has 0 saturated heterocycles. The standard InChI is InChI=1S/C4H6N2S.C3H8.H2/c1-7-4-2-5-3-6-4;1-3-2;/h2-3H,1H3,(H,5,6);3H2,1-2H3;1H. The normalized spacial score (nSPS) is 8.30. The van der Waals surface area contributed by atoms with Gasteiger partial charge in [-0.1, -0.05) is 20.3 Å². The van der Waals surface area contributed by atoms with E-state index >= 15 is 0 Å². The molecule has 2 nitrogen and oxygen atoms in total. The van der Waals surface area contributed by atoms with Crippen molar-refractivity contribution >= 4 is 11.8 Å². The molecule has 0 spiro atoms. The monoisotopic (exact) mass is 160 g/mol. The lowest BCUT2D eigenvalue weighted by atomic mass is 10.6. The largest absolute Gasteiger partial charge is 0.340 e. The zero-order chi connectivity index (χ0) is 7.82.